The summed E-state index contributed by atoms with van der Waals surface area (Å²) in [5.41, 5.74) is -2.53. The summed E-state index contributed by atoms with van der Waals surface area (Å²) in [6, 6.07) is 0. The highest BCUT2D eigenvalue weighted by atomic mass is 32.2. The van der Waals surface area contributed by atoms with Crippen molar-refractivity contribution in [3.8, 4) is 0 Å². The molecule has 118 valence electrons. The first-order valence-corrected chi connectivity index (χ1v) is 7.46. The van der Waals surface area contributed by atoms with Crippen LogP contribution in [0.25, 0.3) is 0 Å². The number of H-pyrrole nitrogens is 1. The fourth-order valence-electron chi connectivity index (χ4n) is 1.61. The van der Waals surface area contributed by atoms with Gasteiger partial charge in [-0.05, 0) is 19.9 Å². The smallest absolute Gasteiger partial charge is 0.339 e. The largest absolute Gasteiger partial charge is 0.468 e. The number of aromatic amines is 1. The van der Waals surface area contributed by atoms with Crippen molar-refractivity contribution in [2.24, 2.45) is 7.05 Å². The Bertz CT molecular complexity index is 612. The minimum Gasteiger partial charge on any atom is -0.468 e. The van der Waals surface area contributed by atoms with Crippen LogP contribution in [0, 0.1) is 0 Å². The van der Waals surface area contributed by atoms with E-state index in [0.717, 1.165) is 6.42 Å². The van der Waals surface area contributed by atoms with Crippen LogP contribution in [0.2, 0.25) is 0 Å². The summed E-state index contributed by atoms with van der Waals surface area (Å²) in [6.45, 7) is 4.38. The number of carbonyl (C=O) groups excluding carboxylic acids is 1. The van der Waals surface area contributed by atoms with Gasteiger partial charge in [-0.1, -0.05) is 18.7 Å². The molecule has 0 fully saturated rings. The summed E-state index contributed by atoms with van der Waals surface area (Å²) >= 11 is 1.19. The number of aromatic nitrogens is 3. The maximum absolute atomic E-state index is 11.9. The standard InChI is InChI=1S/C12H20N4O4S/c1-5-6-13-12(2,10(19)20-4)7-21-11-14-8(17)9(18)15-16(11)3/h13H,5-7H2,1-4H3,(H,15,18). The quantitative estimate of drug-likeness (QED) is 0.396. The van der Waals surface area contributed by atoms with E-state index in [2.05, 4.69) is 15.4 Å². The van der Waals surface area contributed by atoms with Crippen LogP contribution >= 0.6 is 11.8 Å². The lowest BCUT2D eigenvalue weighted by atomic mass is 10.1. The van der Waals surface area contributed by atoms with E-state index in [-0.39, 0.29) is 0 Å². The molecule has 0 spiro atoms. The van der Waals surface area contributed by atoms with Crippen LogP contribution in [0.1, 0.15) is 20.3 Å². The van der Waals surface area contributed by atoms with E-state index in [4.69, 9.17) is 4.74 Å². The fraction of sp³-hybridized carbons (Fsp3) is 0.667. The maximum Gasteiger partial charge on any atom is 0.339 e. The van der Waals surface area contributed by atoms with Crippen molar-refractivity contribution in [3.63, 3.8) is 0 Å². The molecular formula is C12H20N4O4S. The summed E-state index contributed by atoms with van der Waals surface area (Å²) in [7, 11) is 2.90. The monoisotopic (exact) mass is 316 g/mol. The zero-order valence-corrected chi connectivity index (χ0v) is 13.4. The van der Waals surface area contributed by atoms with E-state index in [1.165, 1.54) is 23.6 Å². The molecular weight excluding hydrogens is 296 g/mol. The third-order valence-corrected chi connectivity index (χ3v) is 4.18. The molecule has 0 aromatic carbocycles. The first-order valence-electron chi connectivity index (χ1n) is 6.47. The molecule has 0 aliphatic carbocycles. The maximum atomic E-state index is 11.9. The summed E-state index contributed by atoms with van der Waals surface area (Å²) in [6.07, 6.45) is 0.868. The van der Waals surface area contributed by atoms with Gasteiger partial charge < -0.3 is 10.1 Å². The van der Waals surface area contributed by atoms with Gasteiger partial charge >= 0.3 is 17.1 Å². The van der Waals surface area contributed by atoms with Gasteiger partial charge in [-0.2, -0.15) is 4.98 Å². The van der Waals surface area contributed by atoms with E-state index < -0.39 is 22.6 Å². The number of hydrogen-bond acceptors (Lipinski definition) is 7. The number of carbonyl (C=O) groups is 1. The first kappa shape index (κ1) is 17.4. The second-order valence-corrected chi connectivity index (χ2v) is 5.68. The molecule has 1 aromatic heterocycles. The van der Waals surface area contributed by atoms with Crippen molar-refractivity contribution < 1.29 is 9.53 Å². The SMILES string of the molecule is CCCNC(C)(CSc1nc(=O)c(=O)[nH]n1C)C(=O)OC. The zero-order chi connectivity index (χ0) is 16.0. The molecule has 1 heterocycles. The number of nitrogens with zero attached hydrogens (tertiary/aromatic N) is 2. The first-order chi connectivity index (χ1) is 9.84. The average Bonchev–Trinajstić information content (AvgIpc) is 2.46. The topological polar surface area (TPSA) is 106 Å². The lowest BCUT2D eigenvalue weighted by Crippen LogP contribution is -2.52. The Hall–Kier alpha value is -1.61. The Balaban J connectivity index is 2.91. The minimum atomic E-state index is -0.900. The van der Waals surface area contributed by atoms with E-state index in [0.29, 0.717) is 17.5 Å². The lowest BCUT2D eigenvalue weighted by Gasteiger charge is -2.27. The molecule has 1 atom stereocenters. The Kier molecular flexibility index (Phi) is 6.16. The predicted octanol–water partition coefficient (Wildman–Crippen LogP) is -0.508. The van der Waals surface area contributed by atoms with Crippen LogP contribution in [-0.2, 0) is 16.6 Å². The average molecular weight is 316 g/mol. The number of esters is 1. The van der Waals surface area contributed by atoms with Gasteiger partial charge in [-0.15, -0.1) is 0 Å². The van der Waals surface area contributed by atoms with Crippen LogP contribution in [-0.4, -0.2) is 45.7 Å². The second-order valence-electron chi connectivity index (χ2n) is 4.74. The Morgan fingerprint density at radius 2 is 2.19 bits per heavy atom. The van der Waals surface area contributed by atoms with Crippen molar-refractivity contribution >= 4 is 17.7 Å². The third kappa shape index (κ3) is 4.43. The van der Waals surface area contributed by atoms with Crippen LogP contribution < -0.4 is 16.4 Å². The van der Waals surface area contributed by atoms with Crippen LogP contribution in [0.15, 0.2) is 14.7 Å². The van der Waals surface area contributed by atoms with Crippen LogP contribution in [0.4, 0.5) is 0 Å². The van der Waals surface area contributed by atoms with Crippen LogP contribution in [0.3, 0.4) is 0 Å². The van der Waals surface area contributed by atoms with Crippen molar-refractivity contribution in [1.29, 1.82) is 0 Å². The summed E-state index contributed by atoms with van der Waals surface area (Å²) in [5.74, 6) is -0.0794. The molecule has 0 aliphatic rings. The molecule has 0 aliphatic heterocycles. The Morgan fingerprint density at radius 3 is 2.76 bits per heavy atom. The molecule has 9 heteroatoms. The summed E-state index contributed by atoms with van der Waals surface area (Å²) in [5, 5.41) is 5.81. The number of rotatable bonds is 7. The molecule has 0 amide bonds. The molecule has 0 radical (unpaired) electrons. The molecule has 1 unspecified atom stereocenters. The van der Waals surface area contributed by atoms with Crippen molar-refractivity contribution in [2.75, 3.05) is 19.4 Å². The van der Waals surface area contributed by atoms with Gasteiger partial charge in [-0.25, -0.2) is 0 Å². The second kappa shape index (κ2) is 7.41. The number of ether oxygens (including phenoxy) is 1. The number of thioether (sulfide) groups is 1. The Morgan fingerprint density at radius 1 is 1.52 bits per heavy atom. The highest BCUT2D eigenvalue weighted by Gasteiger charge is 2.34. The van der Waals surface area contributed by atoms with Crippen molar-refractivity contribution in [3.05, 3.63) is 20.7 Å². The molecule has 21 heavy (non-hydrogen) atoms. The zero-order valence-electron chi connectivity index (χ0n) is 12.6. The summed E-state index contributed by atoms with van der Waals surface area (Å²) < 4.78 is 6.17. The van der Waals surface area contributed by atoms with Gasteiger partial charge in [-0.3, -0.25) is 24.2 Å². The predicted molar refractivity (Wildman–Crippen MR) is 79.5 cm³/mol. The van der Waals surface area contributed by atoms with Gasteiger partial charge in [0, 0.05) is 12.8 Å². The van der Waals surface area contributed by atoms with Crippen molar-refractivity contribution in [1.82, 2.24) is 20.1 Å². The van der Waals surface area contributed by atoms with Gasteiger partial charge in [0.1, 0.15) is 5.54 Å². The van der Waals surface area contributed by atoms with Gasteiger partial charge in [0.2, 0.25) is 0 Å². The van der Waals surface area contributed by atoms with E-state index >= 15 is 0 Å². The third-order valence-electron chi connectivity index (χ3n) is 2.84. The Labute approximate surface area is 126 Å². The molecule has 2 N–H and O–H groups in total. The number of methoxy groups -OCH3 is 1. The van der Waals surface area contributed by atoms with E-state index in [1.54, 1.807) is 14.0 Å². The van der Waals surface area contributed by atoms with Crippen LogP contribution in [0.5, 0.6) is 0 Å². The number of hydrogen-bond donors (Lipinski definition) is 2. The molecule has 8 nitrogen and oxygen atoms in total. The minimum absolute atomic E-state index is 0.312. The van der Waals surface area contributed by atoms with Gasteiger partial charge in [0.25, 0.3) is 0 Å². The normalized spacial score (nSPS) is 13.7. The molecule has 1 aromatic rings. The molecule has 0 saturated heterocycles. The van der Waals surface area contributed by atoms with E-state index in [1.807, 2.05) is 6.92 Å². The highest BCUT2D eigenvalue weighted by molar-refractivity contribution is 7.99. The molecule has 0 bridgehead atoms. The molecule has 1 rings (SSSR count). The molecule has 0 saturated carbocycles. The van der Waals surface area contributed by atoms with E-state index in [9.17, 15) is 14.4 Å². The van der Waals surface area contributed by atoms with Gasteiger partial charge in [0.15, 0.2) is 5.16 Å². The van der Waals surface area contributed by atoms with Gasteiger partial charge in [0.05, 0.1) is 7.11 Å². The number of nitrogens with one attached hydrogen (secondary N) is 2. The fourth-order valence-corrected chi connectivity index (χ4v) is 2.63. The lowest BCUT2D eigenvalue weighted by molar-refractivity contribution is -0.146. The van der Waals surface area contributed by atoms with Crippen molar-refractivity contribution in [2.45, 2.75) is 31.0 Å². The summed E-state index contributed by atoms with van der Waals surface area (Å²) in [4.78, 5) is 38.0. The number of aryl methyl sites for hydroxylation is 1. The highest BCUT2D eigenvalue weighted by Crippen LogP contribution is 2.20.